The van der Waals surface area contributed by atoms with E-state index in [4.69, 9.17) is 0 Å². The van der Waals surface area contributed by atoms with Crippen LogP contribution in [0.15, 0.2) is 83.8 Å². The van der Waals surface area contributed by atoms with Crippen molar-refractivity contribution in [1.82, 2.24) is 4.72 Å². The van der Waals surface area contributed by atoms with Crippen LogP contribution < -0.4 is 10.0 Å². The predicted octanol–water partition coefficient (Wildman–Crippen LogP) is 4.05. The van der Waals surface area contributed by atoms with Crippen LogP contribution in [0.2, 0.25) is 0 Å². The van der Waals surface area contributed by atoms with Crippen LogP contribution in [-0.2, 0) is 16.4 Å². The molecule has 0 spiro atoms. The molecule has 4 rings (SSSR count). The predicted molar refractivity (Wildman–Crippen MR) is 108 cm³/mol. The number of para-hydroxylation sites is 1. The second-order valence-electron chi connectivity index (χ2n) is 6.93. The first kappa shape index (κ1) is 17.8. The molecule has 3 aromatic rings. The molecule has 0 radical (unpaired) electrons. The maximum Gasteiger partial charge on any atom is 0.240 e. The molecule has 138 valence electrons. The van der Waals surface area contributed by atoms with Crippen molar-refractivity contribution < 1.29 is 8.42 Å². The highest BCUT2D eigenvalue weighted by atomic mass is 32.2. The Labute approximate surface area is 160 Å². The molecule has 2 atom stereocenters. The van der Waals surface area contributed by atoms with Gasteiger partial charge in [0.25, 0.3) is 0 Å². The first-order valence-corrected chi connectivity index (χ1v) is 10.5. The zero-order valence-corrected chi connectivity index (χ0v) is 15.9. The molecule has 5 heteroatoms. The lowest BCUT2D eigenvalue weighted by Crippen LogP contribution is -2.45. The number of hydrogen-bond acceptors (Lipinski definition) is 3. The van der Waals surface area contributed by atoms with Gasteiger partial charge in [0.1, 0.15) is 0 Å². The van der Waals surface area contributed by atoms with Crippen LogP contribution in [0.3, 0.4) is 0 Å². The summed E-state index contributed by atoms with van der Waals surface area (Å²) in [5.41, 5.74) is 4.26. The Hall–Kier alpha value is -2.63. The summed E-state index contributed by atoms with van der Waals surface area (Å²) in [6, 6.07) is 24.5. The number of rotatable bonds is 4. The van der Waals surface area contributed by atoms with E-state index < -0.39 is 10.0 Å². The number of aryl methyl sites for hydroxylation is 1. The van der Waals surface area contributed by atoms with E-state index in [-0.39, 0.29) is 12.1 Å². The van der Waals surface area contributed by atoms with Crippen molar-refractivity contribution in [2.75, 3.05) is 5.32 Å². The summed E-state index contributed by atoms with van der Waals surface area (Å²) in [7, 11) is -3.61. The fourth-order valence-electron chi connectivity index (χ4n) is 3.53. The van der Waals surface area contributed by atoms with Gasteiger partial charge in [-0.3, -0.25) is 0 Å². The van der Waals surface area contributed by atoms with Crippen LogP contribution in [0.5, 0.6) is 0 Å². The minimum absolute atomic E-state index is 0.138. The molecule has 0 saturated carbocycles. The van der Waals surface area contributed by atoms with E-state index in [1.807, 2.05) is 73.7 Å². The minimum atomic E-state index is -3.61. The minimum Gasteiger partial charge on any atom is -0.376 e. The average molecular weight is 378 g/mol. The molecule has 1 aliphatic rings. The third-order valence-corrected chi connectivity index (χ3v) is 6.47. The number of nitrogens with one attached hydrogen (secondary N) is 2. The molecule has 3 aromatic carbocycles. The average Bonchev–Trinajstić information content (AvgIpc) is 2.68. The van der Waals surface area contributed by atoms with Crippen molar-refractivity contribution in [3.05, 3.63) is 95.6 Å². The Morgan fingerprint density at radius 3 is 2.30 bits per heavy atom. The van der Waals surface area contributed by atoms with Gasteiger partial charge in [-0.1, -0.05) is 66.2 Å². The fraction of sp³-hybridized carbons (Fsp3) is 0.182. The highest BCUT2D eigenvalue weighted by Gasteiger charge is 2.32. The first-order chi connectivity index (χ1) is 13.0. The Kier molecular flexibility index (Phi) is 4.72. The molecule has 27 heavy (non-hydrogen) atoms. The summed E-state index contributed by atoms with van der Waals surface area (Å²) in [5.74, 6) is 0. The molecule has 1 aliphatic heterocycles. The summed E-state index contributed by atoms with van der Waals surface area (Å²) < 4.78 is 28.9. The van der Waals surface area contributed by atoms with Crippen molar-refractivity contribution >= 4 is 15.7 Å². The topological polar surface area (TPSA) is 58.2 Å². The largest absolute Gasteiger partial charge is 0.376 e. The third-order valence-electron chi connectivity index (χ3n) is 4.97. The molecule has 0 fully saturated rings. The molecule has 2 N–H and O–H groups in total. The van der Waals surface area contributed by atoms with Gasteiger partial charge < -0.3 is 5.32 Å². The second kappa shape index (κ2) is 7.18. The van der Waals surface area contributed by atoms with Gasteiger partial charge in [0.15, 0.2) is 0 Å². The number of fused-ring (bicyclic) bond motifs is 1. The smallest absolute Gasteiger partial charge is 0.240 e. The highest BCUT2D eigenvalue weighted by molar-refractivity contribution is 7.89. The van der Waals surface area contributed by atoms with Crippen molar-refractivity contribution in [2.24, 2.45) is 0 Å². The molecular weight excluding hydrogens is 356 g/mol. The lowest BCUT2D eigenvalue weighted by Gasteiger charge is -2.35. The Bertz CT molecular complexity index is 1030. The molecule has 0 amide bonds. The first-order valence-electron chi connectivity index (χ1n) is 9.01. The van der Waals surface area contributed by atoms with Crippen molar-refractivity contribution in [3.63, 3.8) is 0 Å². The van der Waals surface area contributed by atoms with E-state index in [1.165, 1.54) is 0 Å². The second-order valence-corrected chi connectivity index (χ2v) is 8.65. The lowest BCUT2D eigenvalue weighted by molar-refractivity contribution is 0.493. The molecule has 0 unspecified atom stereocenters. The molecular formula is C22H22N2O2S. The van der Waals surface area contributed by atoms with Gasteiger partial charge in [0, 0.05) is 5.69 Å². The van der Waals surface area contributed by atoms with Gasteiger partial charge >= 0.3 is 0 Å². The van der Waals surface area contributed by atoms with Crippen LogP contribution in [-0.4, -0.2) is 14.5 Å². The maximum atomic E-state index is 13.0. The fourth-order valence-corrected chi connectivity index (χ4v) is 4.78. The van der Waals surface area contributed by atoms with Crippen LogP contribution in [0.4, 0.5) is 5.69 Å². The third kappa shape index (κ3) is 3.75. The summed E-state index contributed by atoms with van der Waals surface area (Å²) in [4.78, 5) is 0.291. The maximum absolute atomic E-state index is 13.0. The summed E-state index contributed by atoms with van der Waals surface area (Å²) in [6.07, 6.45) is 0.633. The lowest BCUT2D eigenvalue weighted by atomic mass is 9.89. The van der Waals surface area contributed by atoms with Crippen LogP contribution in [0, 0.1) is 6.92 Å². The summed E-state index contributed by atoms with van der Waals surface area (Å²) in [6.45, 7) is 1.94. The quantitative estimate of drug-likeness (QED) is 0.720. The van der Waals surface area contributed by atoms with Gasteiger partial charge in [0.05, 0.1) is 17.0 Å². The van der Waals surface area contributed by atoms with Gasteiger partial charge in [-0.25, -0.2) is 13.1 Å². The zero-order chi connectivity index (χ0) is 18.9. The normalized spacial score (nSPS) is 19.1. The monoisotopic (exact) mass is 378 g/mol. The Balaban J connectivity index is 1.69. The molecule has 0 saturated heterocycles. The molecule has 4 nitrogen and oxygen atoms in total. The van der Waals surface area contributed by atoms with Gasteiger partial charge in [0.2, 0.25) is 10.0 Å². The number of anilines is 1. The van der Waals surface area contributed by atoms with Crippen molar-refractivity contribution in [2.45, 2.75) is 30.3 Å². The summed E-state index contributed by atoms with van der Waals surface area (Å²) >= 11 is 0. The molecule has 0 bridgehead atoms. The van der Waals surface area contributed by atoms with E-state index in [2.05, 4.69) is 10.0 Å². The van der Waals surface area contributed by atoms with E-state index in [1.54, 1.807) is 12.1 Å². The number of benzene rings is 3. The van der Waals surface area contributed by atoms with E-state index in [0.717, 1.165) is 22.4 Å². The van der Waals surface area contributed by atoms with Gasteiger partial charge in [-0.15, -0.1) is 0 Å². The van der Waals surface area contributed by atoms with Crippen LogP contribution in [0.1, 0.15) is 22.7 Å². The van der Waals surface area contributed by atoms with Gasteiger partial charge in [-0.2, -0.15) is 0 Å². The van der Waals surface area contributed by atoms with Crippen LogP contribution >= 0.6 is 0 Å². The molecule has 0 aliphatic carbocycles. The molecule has 0 aromatic heterocycles. The standard InChI is InChI=1S/C22H22N2O2S/c1-16-11-13-19(14-12-16)27(25,26)24-21-15-18-9-5-6-10-20(18)23-22(21)17-7-3-2-4-8-17/h2-14,21-24H,15H2,1H3/t21-,22-/m1/s1. The van der Waals surface area contributed by atoms with Crippen molar-refractivity contribution in [3.8, 4) is 0 Å². The molecule has 1 heterocycles. The number of hydrogen-bond donors (Lipinski definition) is 2. The van der Waals surface area contributed by atoms with E-state index in [9.17, 15) is 8.42 Å². The van der Waals surface area contributed by atoms with Gasteiger partial charge in [-0.05, 0) is 42.7 Å². The Morgan fingerprint density at radius 1 is 0.889 bits per heavy atom. The summed E-state index contributed by atoms with van der Waals surface area (Å²) in [5, 5.41) is 3.52. The Morgan fingerprint density at radius 2 is 1.56 bits per heavy atom. The van der Waals surface area contributed by atoms with Crippen molar-refractivity contribution in [1.29, 1.82) is 0 Å². The van der Waals surface area contributed by atoms with E-state index >= 15 is 0 Å². The number of sulfonamides is 1. The van der Waals surface area contributed by atoms with E-state index in [0.29, 0.717) is 11.3 Å². The highest BCUT2D eigenvalue weighted by Crippen LogP contribution is 2.33. The zero-order valence-electron chi connectivity index (χ0n) is 15.1. The van der Waals surface area contributed by atoms with Crippen LogP contribution in [0.25, 0.3) is 0 Å². The SMILES string of the molecule is Cc1ccc(S(=O)(=O)N[C@@H]2Cc3ccccc3N[C@@H]2c2ccccc2)cc1.